The molecule has 0 radical (unpaired) electrons. The van der Waals surface area contributed by atoms with Gasteiger partial charge in [-0.1, -0.05) is 13.3 Å². The van der Waals surface area contributed by atoms with Gasteiger partial charge in [-0.25, -0.2) is 0 Å². The van der Waals surface area contributed by atoms with Crippen molar-refractivity contribution >= 4 is 5.78 Å². The van der Waals surface area contributed by atoms with Crippen molar-refractivity contribution < 1.29 is 9.21 Å². The topological polar surface area (TPSA) is 54.0 Å². The van der Waals surface area contributed by atoms with Crippen LogP contribution in [-0.2, 0) is 0 Å². The molecule has 0 saturated carbocycles. The molecule has 0 aliphatic heterocycles. The number of carbonyl (C=O) groups excluding carboxylic acids is 1. The van der Waals surface area contributed by atoms with Gasteiger partial charge in [0.2, 0.25) is 5.78 Å². The molecule has 0 saturated heterocycles. The van der Waals surface area contributed by atoms with Gasteiger partial charge in [-0.15, -0.1) is 0 Å². The van der Waals surface area contributed by atoms with Crippen molar-refractivity contribution in [1.29, 1.82) is 5.26 Å². The highest BCUT2D eigenvalue weighted by Gasteiger charge is 2.21. The minimum absolute atomic E-state index is 0.206. The van der Waals surface area contributed by atoms with Gasteiger partial charge in [0.25, 0.3) is 0 Å². The molecular weight excluding hydrogens is 178 g/mol. The Hall–Kier alpha value is -1.56. The smallest absolute Gasteiger partial charge is 0.215 e. The number of nitriles is 1. The van der Waals surface area contributed by atoms with E-state index in [0.29, 0.717) is 17.9 Å². The Morgan fingerprint density at radius 3 is 2.79 bits per heavy atom. The van der Waals surface area contributed by atoms with Gasteiger partial charge in [0.1, 0.15) is 11.7 Å². The van der Waals surface area contributed by atoms with Crippen molar-refractivity contribution in [3.63, 3.8) is 0 Å². The van der Waals surface area contributed by atoms with Crippen LogP contribution in [0, 0.1) is 24.2 Å². The van der Waals surface area contributed by atoms with Crippen molar-refractivity contribution in [2.45, 2.75) is 26.7 Å². The van der Waals surface area contributed by atoms with Crippen molar-refractivity contribution in [2.75, 3.05) is 0 Å². The zero-order valence-electron chi connectivity index (χ0n) is 8.41. The molecule has 0 aliphatic carbocycles. The summed E-state index contributed by atoms with van der Waals surface area (Å²) in [6.45, 7) is 3.73. The Labute approximate surface area is 83.3 Å². The SMILES string of the molecule is CCCC(C#N)C(=O)c1ccc(C)o1. The zero-order chi connectivity index (χ0) is 10.6. The molecule has 1 unspecified atom stereocenters. The van der Waals surface area contributed by atoms with Gasteiger partial charge in [-0.3, -0.25) is 4.79 Å². The Balaban J connectivity index is 2.79. The predicted molar refractivity (Wildman–Crippen MR) is 51.8 cm³/mol. The normalized spacial score (nSPS) is 12.1. The van der Waals surface area contributed by atoms with Crippen molar-refractivity contribution in [3.05, 3.63) is 23.7 Å². The maximum Gasteiger partial charge on any atom is 0.215 e. The number of carbonyl (C=O) groups is 1. The van der Waals surface area contributed by atoms with E-state index in [0.717, 1.165) is 6.42 Å². The molecule has 0 spiro atoms. The fourth-order valence-corrected chi connectivity index (χ4v) is 1.28. The highest BCUT2D eigenvalue weighted by Crippen LogP contribution is 2.15. The van der Waals surface area contributed by atoms with E-state index in [9.17, 15) is 4.79 Å². The quantitative estimate of drug-likeness (QED) is 0.687. The van der Waals surface area contributed by atoms with Gasteiger partial charge in [0.05, 0.1) is 6.07 Å². The molecule has 74 valence electrons. The molecular formula is C11H13NO2. The maximum atomic E-state index is 11.7. The maximum absolute atomic E-state index is 11.7. The van der Waals surface area contributed by atoms with E-state index in [1.165, 1.54) is 0 Å². The van der Waals surface area contributed by atoms with E-state index in [1.807, 2.05) is 13.0 Å². The first-order chi connectivity index (χ1) is 6.69. The zero-order valence-corrected chi connectivity index (χ0v) is 8.41. The molecule has 0 bridgehead atoms. The summed E-state index contributed by atoms with van der Waals surface area (Å²) in [5.41, 5.74) is 0. The molecule has 1 atom stereocenters. The molecule has 1 heterocycles. The lowest BCUT2D eigenvalue weighted by Gasteiger charge is -2.02. The lowest BCUT2D eigenvalue weighted by Crippen LogP contribution is -2.11. The summed E-state index contributed by atoms with van der Waals surface area (Å²) in [7, 11) is 0. The average Bonchev–Trinajstić information content (AvgIpc) is 2.60. The highest BCUT2D eigenvalue weighted by atomic mass is 16.3. The fourth-order valence-electron chi connectivity index (χ4n) is 1.28. The summed E-state index contributed by atoms with van der Waals surface area (Å²) in [5, 5.41) is 8.78. The van der Waals surface area contributed by atoms with Gasteiger partial charge in [-0.05, 0) is 25.5 Å². The molecule has 0 aliphatic rings. The second-order valence-electron chi connectivity index (χ2n) is 3.24. The van der Waals surface area contributed by atoms with Crippen molar-refractivity contribution in [3.8, 4) is 6.07 Å². The number of furan rings is 1. The van der Waals surface area contributed by atoms with Crippen molar-refractivity contribution in [2.24, 2.45) is 5.92 Å². The van der Waals surface area contributed by atoms with Gasteiger partial charge in [0.15, 0.2) is 5.76 Å². The van der Waals surface area contributed by atoms with Crippen LogP contribution in [0.25, 0.3) is 0 Å². The Kier molecular flexibility index (Phi) is 3.47. The van der Waals surface area contributed by atoms with Crippen LogP contribution >= 0.6 is 0 Å². The van der Waals surface area contributed by atoms with E-state index in [4.69, 9.17) is 9.68 Å². The molecule has 1 rings (SSSR count). The number of rotatable bonds is 4. The molecule has 0 fully saturated rings. The standard InChI is InChI=1S/C11H13NO2/c1-3-4-9(7-12)11(13)10-6-5-8(2)14-10/h5-6,9H,3-4H2,1-2H3. The third-order valence-electron chi connectivity index (χ3n) is 2.03. The van der Waals surface area contributed by atoms with Gasteiger partial charge >= 0.3 is 0 Å². The number of ketones is 1. The first kappa shape index (κ1) is 10.5. The summed E-state index contributed by atoms with van der Waals surface area (Å²) >= 11 is 0. The molecule has 1 aromatic heterocycles. The fraction of sp³-hybridized carbons (Fsp3) is 0.455. The highest BCUT2D eigenvalue weighted by molar-refractivity contribution is 5.96. The second kappa shape index (κ2) is 4.61. The summed E-state index contributed by atoms with van der Waals surface area (Å²) in [5.74, 6) is 0.219. The predicted octanol–water partition coefficient (Wildman–Crippen LogP) is 2.71. The second-order valence-corrected chi connectivity index (χ2v) is 3.24. The largest absolute Gasteiger partial charge is 0.458 e. The van der Waals surface area contributed by atoms with E-state index in [2.05, 4.69) is 0 Å². The van der Waals surface area contributed by atoms with E-state index >= 15 is 0 Å². The number of hydrogen-bond acceptors (Lipinski definition) is 3. The van der Waals surface area contributed by atoms with Crippen LogP contribution in [0.5, 0.6) is 0 Å². The van der Waals surface area contributed by atoms with Gasteiger partial charge < -0.3 is 4.42 Å². The van der Waals surface area contributed by atoms with Crippen molar-refractivity contribution in [1.82, 2.24) is 0 Å². The van der Waals surface area contributed by atoms with E-state index < -0.39 is 5.92 Å². The number of hydrogen-bond donors (Lipinski definition) is 0. The lowest BCUT2D eigenvalue weighted by atomic mass is 9.99. The minimum atomic E-state index is -0.564. The summed E-state index contributed by atoms with van der Waals surface area (Å²) < 4.78 is 5.17. The number of Topliss-reactive ketones (excluding diaryl/α,β-unsaturated/α-hetero) is 1. The summed E-state index contributed by atoms with van der Waals surface area (Å²) in [6.07, 6.45) is 1.42. The Morgan fingerprint density at radius 1 is 1.64 bits per heavy atom. The summed E-state index contributed by atoms with van der Waals surface area (Å²) in [6, 6.07) is 5.35. The van der Waals surface area contributed by atoms with Crippen LogP contribution in [0.2, 0.25) is 0 Å². The molecule has 3 nitrogen and oxygen atoms in total. The Morgan fingerprint density at radius 2 is 2.36 bits per heavy atom. The number of nitrogens with zero attached hydrogens (tertiary/aromatic N) is 1. The minimum Gasteiger partial charge on any atom is -0.458 e. The van der Waals surface area contributed by atoms with E-state index in [-0.39, 0.29) is 5.78 Å². The van der Waals surface area contributed by atoms with Crippen LogP contribution in [0.3, 0.4) is 0 Å². The number of aryl methyl sites for hydroxylation is 1. The summed E-state index contributed by atoms with van der Waals surface area (Å²) in [4.78, 5) is 11.7. The van der Waals surface area contributed by atoms with Crippen LogP contribution in [0.4, 0.5) is 0 Å². The molecule has 0 aromatic carbocycles. The average molecular weight is 191 g/mol. The van der Waals surface area contributed by atoms with Crippen LogP contribution < -0.4 is 0 Å². The third kappa shape index (κ3) is 2.23. The molecule has 0 N–H and O–H groups in total. The first-order valence-electron chi connectivity index (χ1n) is 4.69. The van der Waals surface area contributed by atoms with Gasteiger partial charge in [-0.2, -0.15) is 5.26 Å². The first-order valence-corrected chi connectivity index (χ1v) is 4.69. The van der Waals surface area contributed by atoms with Gasteiger partial charge in [0, 0.05) is 0 Å². The molecule has 14 heavy (non-hydrogen) atoms. The lowest BCUT2D eigenvalue weighted by molar-refractivity contribution is 0.0914. The van der Waals surface area contributed by atoms with Crippen LogP contribution in [-0.4, -0.2) is 5.78 Å². The molecule has 3 heteroatoms. The van der Waals surface area contributed by atoms with Crippen LogP contribution in [0.15, 0.2) is 16.5 Å². The van der Waals surface area contributed by atoms with Crippen LogP contribution in [0.1, 0.15) is 36.1 Å². The third-order valence-corrected chi connectivity index (χ3v) is 2.03. The van der Waals surface area contributed by atoms with E-state index in [1.54, 1.807) is 19.1 Å². The monoisotopic (exact) mass is 191 g/mol. The molecule has 0 amide bonds. The Bertz CT molecular complexity index is 360. The molecule has 1 aromatic rings.